The number of nitro groups is 1. The number of nitro benzene ring substituents is 1. The fraction of sp³-hybridized carbons (Fsp3) is 0.0714. The minimum atomic E-state index is -0.502. The van der Waals surface area contributed by atoms with Crippen LogP contribution in [0.15, 0.2) is 42.5 Å². The number of aromatic nitrogens is 2. The predicted molar refractivity (Wildman–Crippen MR) is 76.5 cm³/mol. The highest BCUT2D eigenvalue weighted by molar-refractivity contribution is 5.82. The first-order valence-corrected chi connectivity index (χ1v) is 6.36. The molecule has 7 heteroatoms. The number of hydrogen-bond acceptors (Lipinski definition) is 4. The molecule has 106 valence electrons. The first-order chi connectivity index (χ1) is 10.1. The number of benzene rings is 2. The maximum Gasteiger partial charge on any atom is 0.271 e. The molecule has 0 aliphatic carbocycles. The van der Waals surface area contributed by atoms with Crippen LogP contribution in [0.2, 0.25) is 0 Å². The van der Waals surface area contributed by atoms with Crippen molar-refractivity contribution in [2.24, 2.45) is 0 Å². The molecule has 3 N–H and O–H groups in total. The van der Waals surface area contributed by atoms with Gasteiger partial charge in [-0.3, -0.25) is 10.1 Å². The van der Waals surface area contributed by atoms with E-state index in [1.165, 1.54) is 18.2 Å². The maximum absolute atomic E-state index is 10.8. The van der Waals surface area contributed by atoms with Crippen LogP contribution in [0.1, 0.15) is 0 Å². The van der Waals surface area contributed by atoms with E-state index in [4.69, 9.17) is 0 Å². The third kappa shape index (κ3) is 2.19. The van der Waals surface area contributed by atoms with E-state index in [1.807, 2.05) is 36.6 Å². The molecule has 0 saturated heterocycles. The Hall–Kier alpha value is -2.93. The molecule has 0 spiro atoms. The number of non-ortho nitro benzene ring substituents is 1. The summed E-state index contributed by atoms with van der Waals surface area (Å²) in [5.41, 5.74) is 2.53. The first-order valence-electron chi connectivity index (χ1n) is 6.36. The highest BCUT2D eigenvalue weighted by Crippen LogP contribution is 2.26. The second kappa shape index (κ2) is 4.88. The van der Waals surface area contributed by atoms with Crippen LogP contribution < -0.4 is 5.32 Å². The Labute approximate surface area is 119 Å². The molecule has 0 saturated carbocycles. The quantitative estimate of drug-likeness (QED) is 0.331. The van der Waals surface area contributed by atoms with Crippen LogP contribution in [0.5, 0.6) is 0 Å². The molecule has 0 atom stereocenters. The molecule has 7 nitrogen and oxygen atoms in total. The fourth-order valence-electron chi connectivity index (χ4n) is 2.18. The van der Waals surface area contributed by atoms with Gasteiger partial charge >= 0.3 is 0 Å². The monoisotopic (exact) mass is 285 g/mol. The van der Waals surface area contributed by atoms with E-state index in [9.17, 15) is 15.3 Å². The summed E-state index contributed by atoms with van der Waals surface area (Å²) in [5.74, 6) is 0.355. The zero-order valence-corrected chi connectivity index (χ0v) is 11.2. The van der Waals surface area contributed by atoms with Crippen molar-refractivity contribution in [3.05, 3.63) is 52.6 Å². The zero-order valence-electron chi connectivity index (χ0n) is 11.2. The van der Waals surface area contributed by atoms with Crippen LogP contribution in [-0.4, -0.2) is 26.9 Å². The molecular weight excluding hydrogens is 272 g/mol. The Morgan fingerprint density at radius 3 is 2.57 bits per heavy atom. The van der Waals surface area contributed by atoms with Crippen molar-refractivity contribution in [2.75, 3.05) is 7.05 Å². The van der Waals surface area contributed by atoms with Gasteiger partial charge < -0.3 is 10.5 Å². The normalized spacial score (nSPS) is 10.9. The molecule has 2 aromatic carbocycles. The molecular formula is C14H13N4O3+. The number of quaternary nitrogens is 1. The molecule has 1 heterocycles. The SMILES string of the molecule is C[NH2+]c1ccc(-c2nc3ccc([N+](=O)[O-])cc3n2O)cc1. The molecule has 3 rings (SSSR count). The Morgan fingerprint density at radius 1 is 1.24 bits per heavy atom. The summed E-state index contributed by atoms with van der Waals surface area (Å²) in [6, 6.07) is 11.7. The molecule has 0 aliphatic heterocycles. The van der Waals surface area contributed by atoms with Gasteiger partial charge in [0.05, 0.1) is 17.5 Å². The lowest BCUT2D eigenvalue weighted by Gasteiger charge is -2.01. The second-order valence-electron chi connectivity index (χ2n) is 4.59. The van der Waals surface area contributed by atoms with Crippen LogP contribution in [0, 0.1) is 10.1 Å². The second-order valence-corrected chi connectivity index (χ2v) is 4.59. The standard InChI is InChI=1S/C14H12N4O3/c1-15-10-4-2-9(3-5-10)14-16-12-7-6-11(18(20)21)8-13(12)17(14)19/h2-8,15,19H,1H3/p+1. The Kier molecular flexibility index (Phi) is 3.03. The summed E-state index contributed by atoms with van der Waals surface area (Å²) in [5, 5.41) is 23.0. The number of imidazole rings is 1. The van der Waals surface area contributed by atoms with Gasteiger partial charge in [0, 0.05) is 17.7 Å². The number of nitrogens with two attached hydrogens (primary N) is 1. The van der Waals surface area contributed by atoms with Crippen LogP contribution in [-0.2, 0) is 0 Å². The van der Waals surface area contributed by atoms with E-state index in [0.717, 1.165) is 16.0 Å². The van der Waals surface area contributed by atoms with Crippen molar-refractivity contribution in [1.29, 1.82) is 0 Å². The van der Waals surface area contributed by atoms with E-state index in [0.29, 0.717) is 16.9 Å². The van der Waals surface area contributed by atoms with E-state index in [2.05, 4.69) is 4.98 Å². The average molecular weight is 285 g/mol. The lowest BCUT2D eigenvalue weighted by atomic mass is 10.2. The van der Waals surface area contributed by atoms with Crippen molar-refractivity contribution in [3.63, 3.8) is 0 Å². The van der Waals surface area contributed by atoms with E-state index >= 15 is 0 Å². The summed E-state index contributed by atoms with van der Waals surface area (Å²) in [7, 11) is 1.94. The minimum absolute atomic E-state index is 0.0832. The predicted octanol–water partition coefficient (Wildman–Crippen LogP) is 1.67. The van der Waals surface area contributed by atoms with E-state index in [-0.39, 0.29) is 5.69 Å². The summed E-state index contributed by atoms with van der Waals surface area (Å²) in [6.45, 7) is 0. The van der Waals surface area contributed by atoms with Gasteiger partial charge in [-0.25, -0.2) is 4.98 Å². The van der Waals surface area contributed by atoms with Crippen molar-refractivity contribution in [2.45, 2.75) is 0 Å². The van der Waals surface area contributed by atoms with Crippen molar-refractivity contribution >= 4 is 22.4 Å². The minimum Gasteiger partial charge on any atom is -0.426 e. The van der Waals surface area contributed by atoms with Crippen molar-refractivity contribution in [3.8, 4) is 11.4 Å². The molecule has 0 amide bonds. The Balaban J connectivity index is 2.14. The third-order valence-corrected chi connectivity index (χ3v) is 3.33. The van der Waals surface area contributed by atoms with Gasteiger partial charge in [0.1, 0.15) is 11.2 Å². The fourth-order valence-corrected chi connectivity index (χ4v) is 2.18. The molecule has 0 unspecified atom stereocenters. The van der Waals surface area contributed by atoms with Crippen molar-refractivity contribution < 1.29 is 15.4 Å². The van der Waals surface area contributed by atoms with Gasteiger partial charge in [0.2, 0.25) is 0 Å². The number of nitrogens with zero attached hydrogens (tertiary/aromatic N) is 3. The van der Waals surface area contributed by atoms with Gasteiger partial charge in [-0.05, 0) is 30.3 Å². The average Bonchev–Trinajstić information content (AvgIpc) is 2.84. The summed E-state index contributed by atoms with van der Waals surface area (Å²) in [6.07, 6.45) is 0. The van der Waals surface area contributed by atoms with Gasteiger partial charge in [-0.2, -0.15) is 4.73 Å². The molecule has 0 radical (unpaired) electrons. The largest absolute Gasteiger partial charge is 0.426 e. The highest BCUT2D eigenvalue weighted by atomic mass is 16.6. The number of rotatable bonds is 3. The van der Waals surface area contributed by atoms with Gasteiger partial charge in [-0.15, -0.1) is 0 Å². The smallest absolute Gasteiger partial charge is 0.271 e. The summed E-state index contributed by atoms with van der Waals surface area (Å²) in [4.78, 5) is 14.6. The van der Waals surface area contributed by atoms with Crippen LogP contribution in [0.25, 0.3) is 22.4 Å². The zero-order chi connectivity index (χ0) is 15.0. The molecule has 0 fully saturated rings. The van der Waals surface area contributed by atoms with E-state index in [1.54, 1.807) is 0 Å². The summed E-state index contributed by atoms with van der Waals surface area (Å²) >= 11 is 0. The van der Waals surface area contributed by atoms with E-state index < -0.39 is 4.92 Å². The van der Waals surface area contributed by atoms with Gasteiger partial charge in [0.15, 0.2) is 5.82 Å². The Morgan fingerprint density at radius 2 is 1.95 bits per heavy atom. The molecule has 21 heavy (non-hydrogen) atoms. The first kappa shape index (κ1) is 13.1. The van der Waals surface area contributed by atoms with Gasteiger partial charge in [0.25, 0.3) is 5.69 Å². The topological polar surface area (TPSA) is 97.8 Å². The molecule has 1 aromatic heterocycles. The summed E-state index contributed by atoms with van der Waals surface area (Å²) < 4.78 is 0.882. The lowest BCUT2D eigenvalue weighted by Crippen LogP contribution is -2.72. The van der Waals surface area contributed by atoms with Gasteiger partial charge in [-0.1, -0.05) is 0 Å². The molecule has 3 aromatic rings. The molecule has 0 bridgehead atoms. The maximum atomic E-state index is 10.8. The highest BCUT2D eigenvalue weighted by Gasteiger charge is 2.15. The number of hydrogen-bond donors (Lipinski definition) is 2. The number of fused-ring (bicyclic) bond motifs is 1. The third-order valence-electron chi connectivity index (χ3n) is 3.33. The van der Waals surface area contributed by atoms with Crippen LogP contribution >= 0.6 is 0 Å². The molecule has 0 aliphatic rings. The van der Waals surface area contributed by atoms with Crippen molar-refractivity contribution in [1.82, 2.24) is 9.71 Å². The Bertz CT molecular complexity index is 824. The van der Waals surface area contributed by atoms with Crippen LogP contribution in [0.3, 0.4) is 0 Å². The van der Waals surface area contributed by atoms with Crippen LogP contribution in [0.4, 0.5) is 11.4 Å². The lowest BCUT2D eigenvalue weighted by molar-refractivity contribution is -0.539.